The van der Waals surface area contributed by atoms with E-state index in [4.69, 9.17) is 0 Å². The van der Waals surface area contributed by atoms with E-state index in [1.165, 1.54) is 88.2 Å². The molecule has 0 spiro atoms. The second-order valence-electron chi connectivity index (χ2n) is 15.8. The number of para-hydroxylation sites is 1. The number of rotatable bonds is 6. The number of anilines is 2. The summed E-state index contributed by atoms with van der Waals surface area (Å²) < 4.78 is 2.51. The van der Waals surface area contributed by atoms with Gasteiger partial charge in [0.2, 0.25) is 0 Å². The number of benzene rings is 9. The van der Waals surface area contributed by atoms with Gasteiger partial charge in [0.15, 0.2) is 0 Å². The van der Waals surface area contributed by atoms with Crippen molar-refractivity contribution in [3.8, 4) is 50.2 Å². The minimum Gasteiger partial charge on any atom is -0.355 e. The zero-order valence-corrected chi connectivity index (χ0v) is 32.0. The molecule has 0 fully saturated rings. The maximum absolute atomic E-state index is 3.73. The molecule has 1 aliphatic rings. The third kappa shape index (κ3) is 5.40. The third-order valence-corrected chi connectivity index (χ3v) is 12.2. The number of nitrogens with one attached hydrogen (secondary N) is 1. The molecule has 2 heteroatoms. The SMILES string of the molecule is CC1(C)c2ccccc2-c2c1ccc1c3cc(-c4cccc(-c5ccccc5Nc5ccc6ccccc6c5)c4)ccc3n(-c3ccc(-c4ccccc4)cc3)c21. The second kappa shape index (κ2) is 13.0. The normalized spacial score (nSPS) is 12.9. The largest absolute Gasteiger partial charge is 0.355 e. The lowest BCUT2D eigenvalue weighted by molar-refractivity contribution is 0.661. The Balaban J connectivity index is 1.06. The summed E-state index contributed by atoms with van der Waals surface area (Å²) in [5.74, 6) is 0. The average molecular weight is 729 g/mol. The highest BCUT2D eigenvalue weighted by atomic mass is 15.0. The smallest absolute Gasteiger partial charge is 0.0622 e. The Kier molecular flexibility index (Phi) is 7.55. The molecule has 57 heavy (non-hydrogen) atoms. The Labute approximate surface area is 333 Å². The van der Waals surface area contributed by atoms with Crippen molar-refractivity contribution in [3.05, 3.63) is 211 Å². The number of hydrogen-bond acceptors (Lipinski definition) is 1. The fourth-order valence-electron chi connectivity index (χ4n) is 9.31. The van der Waals surface area contributed by atoms with Gasteiger partial charge >= 0.3 is 0 Å². The lowest BCUT2D eigenvalue weighted by Crippen LogP contribution is -2.14. The number of aromatic nitrogens is 1. The molecular formula is C55H40N2. The van der Waals surface area contributed by atoms with Crippen molar-refractivity contribution in [3.63, 3.8) is 0 Å². The van der Waals surface area contributed by atoms with E-state index in [0.717, 1.165) is 17.1 Å². The maximum atomic E-state index is 3.73. The molecule has 1 aromatic heterocycles. The van der Waals surface area contributed by atoms with Crippen LogP contribution in [0.25, 0.3) is 82.8 Å². The quantitative estimate of drug-likeness (QED) is 0.180. The highest BCUT2D eigenvalue weighted by molar-refractivity contribution is 6.16. The minimum absolute atomic E-state index is 0.0936. The molecule has 270 valence electrons. The first kappa shape index (κ1) is 33.2. The molecular weight excluding hydrogens is 689 g/mol. The fourth-order valence-corrected chi connectivity index (χ4v) is 9.31. The first-order chi connectivity index (χ1) is 28.0. The van der Waals surface area contributed by atoms with Crippen LogP contribution in [0.1, 0.15) is 25.0 Å². The van der Waals surface area contributed by atoms with Crippen molar-refractivity contribution in [2.75, 3.05) is 5.32 Å². The molecule has 0 aliphatic heterocycles. The lowest BCUT2D eigenvalue weighted by Gasteiger charge is -2.21. The van der Waals surface area contributed by atoms with Gasteiger partial charge in [0, 0.05) is 44.4 Å². The van der Waals surface area contributed by atoms with Crippen LogP contribution in [0.2, 0.25) is 0 Å². The van der Waals surface area contributed by atoms with Gasteiger partial charge in [-0.3, -0.25) is 0 Å². The molecule has 1 heterocycles. The molecule has 0 bridgehead atoms. The van der Waals surface area contributed by atoms with E-state index in [1.807, 2.05) is 0 Å². The Morgan fingerprint density at radius 2 is 1.09 bits per heavy atom. The van der Waals surface area contributed by atoms with Gasteiger partial charge in [-0.15, -0.1) is 0 Å². The number of hydrogen-bond donors (Lipinski definition) is 1. The molecule has 0 radical (unpaired) electrons. The molecule has 0 saturated carbocycles. The molecule has 0 saturated heterocycles. The lowest BCUT2D eigenvalue weighted by atomic mass is 9.82. The van der Waals surface area contributed by atoms with Crippen molar-refractivity contribution in [1.29, 1.82) is 0 Å². The average Bonchev–Trinajstić information content (AvgIpc) is 3.72. The Bertz CT molecular complexity index is 3170. The van der Waals surface area contributed by atoms with Crippen LogP contribution in [0.4, 0.5) is 11.4 Å². The highest BCUT2D eigenvalue weighted by Crippen LogP contribution is 2.53. The van der Waals surface area contributed by atoms with Crippen LogP contribution in [-0.4, -0.2) is 4.57 Å². The summed E-state index contributed by atoms with van der Waals surface area (Å²) >= 11 is 0. The predicted octanol–water partition coefficient (Wildman–Crippen LogP) is 15.0. The van der Waals surface area contributed by atoms with Crippen LogP contribution in [-0.2, 0) is 5.41 Å². The third-order valence-electron chi connectivity index (χ3n) is 12.2. The Morgan fingerprint density at radius 1 is 0.421 bits per heavy atom. The van der Waals surface area contributed by atoms with Crippen LogP contribution in [0.3, 0.4) is 0 Å². The minimum atomic E-state index is -0.0936. The second-order valence-corrected chi connectivity index (χ2v) is 15.8. The first-order valence-corrected chi connectivity index (χ1v) is 19.8. The van der Waals surface area contributed by atoms with Gasteiger partial charge in [-0.1, -0.05) is 166 Å². The molecule has 10 aromatic rings. The Hall–Kier alpha value is -7.16. The van der Waals surface area contributed by atoms with E-state index in [0.29, 0.717) is 0 Å². The van der Waals surface area contributed by atoms with E-state index in [1.54, 1.807) is 0 Å². The van der Waals surface area contributed by atoms with Crippen molar-refractivity contribution in [2.24, 2.45) is 0 Å². The standard InChI is InChI=1S/C55H40N2/c1-55(2)49-21-10-8-20-47(49)53-50(55)31-30-46-48-35-41(26-32-52(48)57(54(46)53)44-28-24-38(25-29-44)36-13-4-3-5-14-36)39-17-12-18-42(33-39)45-19-9-11-22-51(45)56-43-27-23-37-15-6-7-16-40(37)34-43/h3-35,56H,1-2H3. The van der Waals surface area contributed by atoms with E-state index in [2.05, 4.69) is 224 Å². The van der Waals surface area contributed by atoms with E-state index in [9.17, 15) is 0 Å². The molecule has 0 atom stereocenters. The highest BCUT2D eigenvalue weighted by Gasteiger charge is 2.37. The maximum Gasteiger partial charge on any atom is 0.0622 e. The predicted molar refractivity (Wildman–Crippen MR) is 242 cm³/mol. The zero-order chi connectivity index (χ0) is 38.1. The summed E-state index contributed by atoms with van der Waals surface area (Å²) in [6.07, 6.45) is 0. The van der Waals surface area contributed by atoms with Crippen molar-refractivity contribution < 1.29 is 0 Å². The van der Waals surface area contributed by atoms with Crippen molar-refractivity contribution >= 4 is 44.0 Å². The van der Waals surface area contributed by atoms with Gasteiger partial charge in [-0.25, -0.2) is 0 Å². The van der Waals surface area contributed by atoms with Crippen molar-refractivity contribution in [1.82, 2.24) is 4.57 Å². The number of fused-ring (bicyclic) bond motifs is 8. The van der Waals surface area contributed by atoms with Gasteiger partial charge in [0.25, 0.3) is 0 Å². The molecule has 1 aliphatic carbocycles. The number of nitrogens with zero attached hydrogens (tertiary/aromatic N) is 1. The summed E-state index contributed by atoms with van der Waals surface area (Å²) in [4.78, 5) is 0. The van der Waals surface area contributed by atoms with Crippen LogP contribution in [0.5, 0.6) is 0 Å². The van der Waals surface area contributed by atoms with E-state index in [-0.39, 0.29) is 5.41 Å². The molecule has 2 nitrogen and oxygen atoms in total. The van der Waals surface area contributed by atoms with E-state index < -0.39 is 0 Å². The summed E-state index contributed by atoms with van der Waals surface area (Å²) in [5, 5.41) is 8.71. The van der Waals surface area contributed by atoms with Gasteiger partial charge in [0.1, 0.15) is 0 Å². The summed E-state index contributed by atoms with van der Waals surface area (Å²) in [6.45, 7) is 4.73. The first-order valence-electron chi connectivity index (χ1n) is 19.8. The van der Waals surface area contributed by atoms with Crippen LogP contribution < -0.4 is 5.32 Å². The van der Waals surface area contributed by atoms with Gasteiger partial charge < -0.3 is 9.88 Å². The van der Waals surface area contributed by atoms with Gasteiger partial charge in [0.05, 0.1) is 11.0 Å². The molecule has 1 N–H and O–H groups in total. The van der Waals surface area contributed by atoms with Gasteiger partial charge in [-0.05, 0) is 104 Å². The zero-order valence-electron chi connectivity index (χ0n) is 32.0. The summed E-state index contributed by atoms with van der Waals surface area (Å²) in [6, 6.07) is 73.2. The summed E-state index contributed by atoms with van der Waals surface area (Å²) in [5.41, 5.74) is 18.3. The van der Waals surface area contributed by atoms with Crippen LogP contribution in [0, 0.1) is 0 Å². The monoisotopic (exact) mass is 728 g/mol. The Morgan fingerprint density at radius 3 is 1.95 bits per heavy atom. The molecule has 9 aromatic carbocycles. The van der Waals surface area contributed by atoms with Gasteiger partial charge in [-0.2, -0.15) is 0 Å². The fraction of sp³-hybridized carbons (Fsp3) is 0.0545. The van der Waals surface area contributed by atoms with E-state index >= 15 is 0 Å². The van der Waals surface area contributed by atoms with Crippen LogP contribution in [0.15, 0.2) is 200 Å². The molecule has 11 rings (SSSR count). The molecule has 0 amide bonds. The summed E-state index contributed by atoms with van der Waals surface area (Å²) in [7, 11) is 0. The topological polar surface area (TPSA) is 17.0 Å². The van der Waals surface area contributed by atoms with Crippen LogP contribution >= 0.6 is 0 Å². The molecule has 0 unspecified atom stereocenters. The van der Waals surface area contributed by atoms with Crippen molar-refractivity contribution in [2.45, 2.75) is 19.3 Å².